The van der Waals surface area contributed by atoms with E-state index in [4.69, 9.17) is 4.99 Å². The first-order valence-corrected chi connectivity index (χ1v) is 9.13. The van der Waals surface area contributed by atoms with Crippen LogP contribution in [0.5, 0.6) is 0 Å². The van der Waals surface area contributed by atoms with E-state index in [-0.39, 0.29) is 0 Å². The number of aromatic nitrogens is 1. The van der Waals surface area contributed by atoms with Crippen molar-refractivity contribution in [1.29, 1.82) is 0 Å². The fourth-order valence-electron chi connectivity index (χ4n) is 2.92. The molecule has 0 fully saturated rings. The Kier molecular flexibility index (Phi) is 7.19. The first-order chi connectivity index (χ1) is 12.1. The van der Waals surface area contributed by atoms with Gasteiger partial charge in [-0.1, -0.05) is 39.0 Å². The molecule has 1 aromatic heterocycles. The second kappa shape index (κ2) is 9.37. The second-order valence-electron chi connectivity index (χ2n) is 6.59. The Morgan fingerprint density at radius 2 is 2.00 bits per heavy atom. The number of hydrogen-bond donors (Lipinski definition) is 3. The van der Waals surface area contributed by atoms with Crippen LogP contribution in [0, 0.1) is 5.92 Å². The molecule has 1 unspecified atom stereocenters. The molecule has 0 aliphatic heterocycles. The topological polar surface area (TPSA) is 64.6 Å². The number of nitrogens with one attached hydrogen (secondary N) is 3. The van der Waals surface area contributed by atoms with E-state index >= 15 is 0 Å². The van der Waals surface area contributed by atoms with Crippen molar-refractivity contribution in [3.05, 3.63) is 36.0 Å². The average Bonchev–Trinajstić information content (AvgIpc) is 3.05. The lowest BCUT2D eigenvalue weighted by molar-refractivity contribution is 0.527. The highest BCUT2D eigenvalue weighted by molar-refractivity contribution is 6.15. The van der Waals surface area contributed by atoms with Gasteiger partial charge >= 0.3 is 0 Å². The van der Waals surface area contributed by atoms with Gasteiger partial charge in [-0.05, 0) is 38.4 Å². The summed E-state index contributed by atoms with van der Waals surface area (Å²) in [7, 11) is 3.78. The summed E-state index contributed by atoms with van der Waals surface area (Å²) in [6.07, 6.45) is 4.14. The summed E-state index contributed by atoms with van der Waals surface area (Å²) in [4.78, 5) is 12.6. The summed E-state index contributed by atoms with van der Waals surface area (Å²) < 4.78 is 0. The fourth-order valence-corrected chi connectivity index (χ4v) is 2.92. The molecule has 5 nitrogen and oxygen atoms in total. The van der Waals surface area contributed by atoms with Crippen LogP contribution in [0.3, 0.4) is 0 Å². The molecule has 2 rings (SSSR count). The van der Waals surface area contributed by atoms with Crippen LogP contribution in [0.2, 0.25) is 0 Å². The van der Waals surface area contributed by atoms with E-state index in [2.05, 4.69) is 65.8 Å². The van der Waals surface area contributed by atoms with E-state index in [1.165, 1.54) is 5.39 Å². The van der Waals surface area contributed by atoms with E-state index in [1.54, 1.807) is 7.05 Å². The Bertz CT molecular complexity index is 727. The van der Waals surface area contributed by atoms with Crippen molar-refractivity contribution in [2.24, 2.45) is 15.9 Å². The van der Waals surface area contributed by atoms with E-state index in [1.807, 2.05) is 13.1 Å². The molecule has 1 atom stereocenters. The lowest BCUT2D eigenvalue weighted by Crippen LogP contribution is -2.36. The molecule has 5 heteroatoms. The lowest BCUT2D eigenvalue weighted by atomic mass is 9.99. The highest BCUT2D eigenvalue weighted by Gasteiger charge is 2.15. The van der Waals surface area contributed by atoms with Gasteiger partial charge in [0.15, 0.2) is 0 Å². The quantitative estimate of drug-likeness (QED) is 0.532. The molecule has 1 heterocycles. The molecule has 0 saturated carbocycles. The maximum Gasteiger partial charge on any atom is 0.218 e. The van der Waals surface area contributed by atoms with E-state index in [9.17, 15) is 0 Å². The van der Waals surface area contributed by atoms with Crippen molar-refractivity contribution < 1.29 is 0 Å². The van der Waals surface area contributed by atoms with Crippen molar-refractivity contribution in [1.82, 2.24) is 15.6 Å². The third-order valence-corrected chi connectivity index (χ3v) is 4.42. The van der Waals surface area contributed by atoms with Gasteiger partial charge in [0.2, 0.25) is 5.96 Å². The van der Waals surface area contributed by atoms with Gasteiger partial charge in [-0.2, -0.15) is 0 Å². The summed E-state index contributed by atoms with van der Waals surface area (Å²) in [5.74, 6) is 1.01. The minimum atomic E-state index is 0.301. The van der Waals surface area contributed by atoms with Crippen LogP contribution in [0.25, 0.3) is 10.9 Å². The molecule has 136 valence electrons. The van der Waals surface area contributed by atoms with E-state index < -0.39 is 0 Å². The van der Waals surface area contributed by atoms with Crippen molar-refractivity contribution in [2.75, 3.05) is 20.6 Å². The first kappa shape index (κ1) is 19.2. The Labute approximate surface area is 151 Å². The Hall–Kier alpha value is -2.14. The number of hydrogen-bond acceptors (Lipinski definition) is 2. The molecule has 0 aliphatic carbocycles. The molecule has 1 aromatic carbocycles. The Morgan fingerprint density at radius 1 is 1.24 bits per heavy atom. The summed E-state index contributed by atoms with van der Waals surface area (Å²) in [5, 5.41) is 7.90. The minimum absolute atomic E-state index is 0.301. The molecular formula is C20H31N5. The molecule has 25 heavy (non-hydrogen) atoms. The molecule has 0 amide bonds. The molecule has 3 N–H and O–H groups in total. The largest absolute Gasteiger partial charge is 0.360 e. The number of H-pyrrole nitrogens is 1. The number of nitrogens with zero attached hydrogens (tertiary/aromatic N) is 2. The predicted octanol–water partition coefficient (Wildman–Crippen LogP) is 3.58. The van der Waals surface area contributed by atoms with Crippen molar-refractivity contribution in [2.45, 2.75) is 39.7 Å². The van der Waals surface area contributed by atoms with Crippen molar-refractivity contribution >= 4 is 22.6 Å². The van der Waals surface area contributed by atoms with Gasteiger partial charge in [0.25, 0.3) is 0 Å². The average molecular weight is 342 g/mol. The molecule has 0 radical (unpaired) electrons. The van der Waals surface area contributed by atoms with Crippen LogP contribution in [-0.4, -0.2) is 43.3 Å². The van der Waals surface area contributed by atoms with Gasteiger partial charge in [0, 0.05) is 35.8 Å². The number of para-hydroxylation sites is 1. The third kappa shape index (κ3) is 4.92. The van der Waals surface area contributed by atoms with E-state index in [0.29, 0.717) is 17.9 Å². The normalized spacial score (nSPS) is 14.3. The monoisotopic (exact) mass is 341 g/mol. The Balaban J connectivity index is 2.31. The molecule has 0 saturated heterocycles. The van der Waals surface area contributed by atoms with Gasteiger partial charge in [0.1, 0.15) is 0 Å². The molecule has 2 aromatic rings. The summed E-state index contributed by atoms with van der Waals surface area (Å²) in [5.41, 5.74) is 3.33. The molecule has 0 aliphatic rings. The number of rotatable bonds is 7. The highest BCUT2D eigenvalue weighted by Crippen LogP contribution is 2.21. The maximum absolute atomic E-state index is 4.90. The van der Waals surface area contributed by atoms with Crippen LogP contribution < -0.4 is 10.6 Å². The molecule has 0 spiro atoms. The van der Waals surface area contributed by atoms with Crippen LogP contribution >= 0.6 is 0 Å². The number of fused-ring (bicyclic) bond motifs is 1. The van der Waals surface area contributed by atoms with Gasteiger partial charge < -0.3 is 15.6 Å². The van der Waals surface area contributed by atoms with Crippen molar-refractivity contribution in [3.63, 3.8) is 0 Å². The van der Waals surface area contributed by atoms with Crippen LogP contribution in [0.4, 0.5) is 0 Å². The smallest absolute Gasteiger partial charge is 0.218 e. The number of aliphatic imine (C=N–C) groups is 2. The van der Waals surface area contributed by atoms with Crippen LogP contribution in [0.1, 0.15) is 39.2 Å². The van der Waals surface area contributed by atoms with E-state index in [0.717, 1.165) is 36.2 Å². The molecule has 0 bridgehead atoms. The highest BCUT2D eigenvalue weighted by atomic mass is 15.1. The Morgan fingerprint density at radius 3 is 2.64 bits per heavy atom. The zero-order valence-corrected chi connectivity index (χ0v) is 16.1. The zero-order valence-electron chi connectivity index (χ0n) is 16.1. The SMILES string of the molecule is CCC(CCNC)NC(=NC)N=C(c1c[nH]c2ccccc12)C(C)C. The fraction of sp³-hybridized carbons (Fsp3) is 0.500. The van der Waals surface area contributed by atoms with Crippen molar-refractivity contribution in [3.8, 4) is 0 Å². The lowest BCUT2D eigenvalue weighted by Gasteiger charge is -2.18. The third-order valence-electron chi connectivity index (χ3n) is 4.42. The van der Waals surface area contributed by atoms with Gasteiger partial charge in [-0.25, -0.2) is 4.99 Å². The second-order valence-corrected chi connectivity index (χ2v) is 6.59. The first-order valence-electron chi connectivity index (χ1n) is 9.13. The summed E-state index contributed by atoms with van der Waals surface area (Å²) >= 11 is 0. The number of aromatic amines is 1. The minimum Gasteiger partial charge on any atom is -0.360 e. The number of benzene rings is 1. The van der Waals surface area contributed by atoms with Gasteiger partial charge in [0.05, 0.1) is 5.71 Å². The number of guanidine groups is 1. The predicted molar refractivity (Wildman–Crippen MR) is 109 cm³/mol. The summed E-state index contributed by atoms with van der Waals surface area (Å²) in [6, 6.07) is 8.70. The summed E-state index contributed by atoms with van der Waals surface area (Å²) in [6.45, 7) is 7.51. The van der Waals surface area contributed by atoms with Crippen LogP contribution in [0.15, 0.2) is 40.4 Å². The maximum atomic E-state index is 4.90. The van der Waals surface area contributed by atoms with Gasteiger partial charge in [-0.3, -0.25) is 4.99 Å². The zero-order chi connectivity index (χ0) is 18.2. The standard InChI is InChI=1S/C20H31N5/c1-6-15(11-12-21-4)24-20(22-5)25-19(14(2)3)17-13-23-18-10-8-7-9-16(17)18/h7-10,13-15,21,23H,6,11-12H2,1-5H3,(H,22,24). The van der Waals surface area contributed by atoms with Crippen LogP contribution in [-0.2, 0) is 0 Å². The molecular weight excluding hydrogens is 310 g/mol. The van der Waals surface area contributed by atoms with Gasteiger partial charge in [-0.15, -0.1) is 0 Å².